The maximum absolute atomic E-state index is 14.1. The minimum Gasteiger partial charge on any atom is -0.369 e. The first-order valence-electron chi connectivity index (χ1n) is 9.91. The van der Waals surface area contributed by atoms with Gasteiger partial charge in [-0.15, -0.1) is 0 Å². The van der Waals surface area contributed by atoms with Crippen molar-refractivity contribution in [1.82, 2.24) is 19.8 Å². The molecule has 28 heavy (non-hydrogen) atoms. The minimum absolute atomic E-state index is 0.282. The molecule has 1 aliphatic rings. The van der Waals surface area contributed by atoms with Crippen molar-refractivity contribution in [3.05, 3.63) is 66.2 Å². The van der Waals surface area contributed by atoms with Crippen molar-refractivity contribution in [1.29, 1.82) is 0 Å². The minimum atomic E-state index is -0.282. The second-order valence-electron chi connectivity index (χ2n) is 7.24. The van der Waals surface area contributed by atoms with E-state index in [1.54, 1.807) is 12.1 Å². The number of nitrogens with zero attached hydrogens (tertiary/aromatic N) is 4. The first kappa shape index (κ1) is 18.8. The molecule has 0 spiro atoms. The van der Waals surface area contributed by atoms with Crippen LogP contribution in [0.15, 0.2) is 54.9 Å². The van der Waals surface area contributed by atoms with Crippen LogP contribution in [0, 0.1) is 5.82 Å². The largest absolute Gasteiger partial charge is 0.369 e. The first-order chi connectivity index (χ1) is 13.8. The van der Waals surface area contributed by atoms with E-state index in [-0.39, 0.29) is 5.82 Å². The maximum Gasteiger partial charge on any atom is 0.140 e. The van der Waals surface area contributed by atoms with Crippen molar-refractivity contribution in [3.63, 3.8) is 0 Å². The van der Waals surface area contributed by atoms with Crippen molar-refractivity contribution < 1.29 is 4.39 Å². The van der Waals surface area contributed by atoms with Crippen molar-refractivity contribution in [3.8, 4) is 0 Å². The molecule has 5 nitrogen and oxygen atoms in total. The van der Waals surface area contributed by atoms with Gasteiger partial charge in [0.2, 0.25) is 0 Å². The van der Waals surface area contributed by atoms with Gasteiger partial charge in [-0.05, 0) is 30.7 Å². The number of piperazine rings is 1. The lowest BCUT2D eigenvalue weighted by Gasteiger charge is -2.34. The Morgan fingerprint density at radius 1 is 0.893 bits per heavy atom. The lowest BCUT2D eigenvalue weighted by atomic mass is 10.2. The standard InChI is InChI=1S/C22H26FN5/c23-19-8-4-9-20-21(19)22(26-17-25-20)24-10-5-11-27-12-14-28(15-13-27)16-18-6-2-1-3-7-18/h1-4,6-9,17H,5,10-16H2,(H,24,25,26). The number of fused-ring (bicyclic) bond motifs is 1. The number of rotatable bonds is 7. The zero-order chi connectivity index (χ0) is 19.2. The Morgan fingerprint density at radius 2 is 1.68 bits per heavy atom. The van der Waals surface area contributed by atoms with E-state index < -0.39 is 0 Å². The fourth-order valence-electron chi connectivity index (χ4n) is 3.72. The molecule has 1 fully saturated rings. The highest BCUT2D eigenvalue weighted by Gasteiger charge is 2.16. The summed E-state index contributed by atoms with van der Waals surface area (Å²) in [7, 11) is 0. The molecule has 1 aromatic heterocycles. The molecule has 2 heterocycles. The van der Waals surface area contributed by atoms with E-state index >= 15 is 0 Å². The summed E-state index contributed by atoms with van der Waals surface area (Å²) in [6.45, 7) is 7.23. The quantitative estimate of drug-likeness (QED) is 0.638. The van der Waals surface area contributed by atoms with Crippen LogP contribution in [0.5, 0.6) is 0 Å². The molecule has 2 aromatic carbocycles. The Bertz CT molecular complexity index is 889. The fourth-order valence-corrected chi connectivity index (χ4v) is 3.72. The zero-order valence-electron chi connectivity index (χ0n) is 16.0. The second kappa shape index (κ2) is 9.08. The van der Waals surface area contributed by atoms with Gasteiger partial charge < -0.3 is 10.2 Å². The van der Waals surface area contributed by atoms with Gasteiger partial charge in [-0.2, -0.15) is 0 Å². The Morgan fingerprint density at radius 3 is 2.50 bits per heavy atom. The third-order valence-corrected chi connectivity index (χ3v) is 5.27. The van der Waals surface area contributed by atoms with Crippen LogP contribution in [0.2, 0.25) is 0 Å². The highest BCUT2D eigenvalue weighted by molar-refractivity contribution is 5.89. The zero-order valence-corrected chi connectivity index (χ0v) is 16.0. The number of aromatic nitrogens is 2. The lowest BCUT2D eigenvalue weighted by molar-refractivity contribution is 0.127. The van der Waals surface area contributed by atoms with Gasteiger partial charge in [-0.1, -0.05) is 36.4 Å². The number of nitrogens with one attached hydrogen (secondary N) is 1. The summed E-state index contributed by atoms with van der Waals surface area (Å²) < 4.78 is 14.1. The smallest absolute Gasteiger partial charge is 0.140 e. The third kappa shape index (κ3) is 4.64. The third-order valence-electron chi connectivity index (χ3n) is 5.27. The molecule has 0 atom stereocenters. The van der Waals surface area contributed by atoms with Crippen molar-refractivity contribution in [2.75, 3.05) is 44.6 Å². The number of halogens is 1. The Hall–Kier alpha value is -2.57. The average Bonchev–Trinajstić information content (AvgIpc) is 2.73. The maximum atomic E-state index is 14.1. The predicted molar refractivity (Wildman–Crippen MR) is 111 cm³/mol. The van der Waals surface area contributed by atoms with Gasteiger partial charge in [0.1, 0.15) is 18.0 Å². The topological polar surface area (TPSA) is 44.3 Å². The normalized spacial score (nSPS) is 15.8. The van der Waals surface area contributed by atoms with Gasteiger partial charge >= 0.3 is 0 Å². The highest BCUT2D eigenvalue weighted by atomic mass is 19.1. The SMILES string of the molecule is Fc1cccc2ncnc(NCCCN3CCN(Cc4ccccc4)CC3)c12. The molecular weight excluding hydrogens is 353 g/mol. The summed E-state index contributed by atoms with van der Waals surface area (Å²) in [6.07, 6.45) is 2.48. The van der Waals surface area contributed by atoms with Gasteiger partial charge in [0.15, 0.2) is 0 Å². The number of benzene rings is 2. The Kier molecular flexibility index (Phi) is 6.09. The van der Waals surface area contributed by atoms with E-state index in [9.17, 15) is 4.39 Å². The molecule has 1 N–H and O–H groups in total. The van der Waals surface area contributed by atoms with Gasteiger partial charge in [0.25, 0.3) is 0 Å². The van der Waals surface area contributed by atoms with E-state index in [4.69, 9.17) is 0 Å². The van der Waals surface area contributed by atoms with Crippen LogP contribution in [0.3, 0.4) is 0 Å². The molecule has 0 radical (unpaired) electrons. The molecule has 1 aliphatic heterocycles. The molecule has 0 unspecified atom stereocenters. The molecule has 3 aromatic rings. The van der Waals surface area contributed by atoms with Crippen LogP contribution in [-0.2, 0) is 6.54 Å². The molecule has 0 aliphatic carbocycles. The van der Waals surface area contributed by atoms with E-state index in [0.29, 0.717) is 16.7 Å². The van der Waals surface area contributed by atoms with Crippen LogP contribution in [0.4, 0.5) is 10.2 Å². The van der Waals surface area contributed by atoms with Crippen LogP contribution < -0.4 is 5.32 Å². The van der Waals surface area contributed by atoms with E-state index in [1.165, 1.54) is 18.0 Å². The predicted octanol–water partition coefficient (Wildman–Crippen LogP) is 3.39. The Balaban J connectivity index is 1.21. The molecule has 0 bridgehead atoms. The summed E-state index contributed by atoms with van der Waals surface area (Å²) in [6, 6.07) is 15.6. The van der Waals surface area contributed by atoms with Gasteiger partial charge in [-0.3, -0.25) is 4.90 Å². The number of anilines is 1. The molecular formula is C22H26FN5. The highest BCUT2D eigenvalue weighted by Crippen LogP contribution is 2.22. The van der Waals surface area contributed by atoms with Gasteiger partial charge in [-0.25, -0.2) is 14.4 Å². The van der Waals surface area contributed by atoms with Crippen molar-refractivity contribution in [2.45, 2.75) is 13.0 Å². The monoisotopic (exact) mass is 379 g/mol. The van der Waals surface area contributed by atoms with Crippen LogP contribution in [-0.4, -0.2) is 59.0 Å². The summed E-state index contributed by atoms with van der Waals surface area (Å²) in [4.78, 5) is 13.4. The van der Waals surface area contributed by atoms with Gasteiger partial charge in [0.05, 0.1) is 10.9 Å². The second-order valence-corrected chi connectivity index (χ2v) is 7.24. The summed E-state index contributed by atoms with van der Waals surface area (Å²) in [5.74, 6) is 0.297. The molecule has 6 heteroatoms. The van der Waals surface area contributed by atoms with Gasteiger partial charge in [0, 0.05) is 39.3 Å². The molecule has 0 saturated carbocycles. The first-order valence-corrected chi connectivity index (χ1v) is 9.91. The summed E-state index contributed by atoms with van der Waals surface area (Å²) in [5.41, 5.74) is 2.01. The van der Waals surface area contributed by atoms with Crippen LogP contribution in [0.25, 0.3) is 10.9 Å². The average molecular weight is 379 g/mol. The van der Waals surface area contributed by atoms with Crippen molar-refractivity contribution >= 4 is 16.7 Å². The molecule has 1 saturated heterocycles. The molecule has 0 amide bonds. The van der Waals surface area contributed by atoms with Crippen molar-refractivity contribution in [2.24, 2.45) is 0 Å². The lowest BCUT2D eigenvalue weighted by Crippen LogP contribution is -2.46. The number of hydrogen-bond acceptors (Lipinski definition) is 5. The molecule has 4 rings (SSSR count). The fraction of sp³-hybridized carbons (Fsp3) is 0.364. The van der Waals surface area contributed by atoms with Crippen LogP contribution in [0.1, 0.15) is 12.0 Å². The molecule has 146 valence electrons. The van der Waals surface area contributed by atoms with E-state index in [1.807, 2.05) is 0 Å². The number of hydrogen-bond donors (Lipinski definition) is 1. The summed E-state index contributed by atoms with van der Waals surface area (Å²) in [5, 5.41) is 3.75. The van der Waals surface area contributed by atoms with E-state index in [2.05, 4.69) is 55.4 Å². The Labute approximate surface area is 165 Å². The van der Waals surface area contributed by atoms with E-state index in [0.717, 1.165) is 52.2 Å². The summed E-state index contributed by atoms with van der Waals surface area (Å²) >= 11 is 0. The van der Waals surface area contributed by atoms with Crippen LogP contribution >= 0.6 is 0 Å².